The summed E-state index contributed by atoms with van der Waals surface area (Å²) in [5, 5.41) is 2.98. The smallest absolute Gasteiger partial charge is 0.252 e. The highest BCUT2D eigenvalue weighted by molar-refractivity contribution is 9.10. The normalized spacial score (nSPS) is 21.0. The van der Waals surface area contributed by atoms with Crippen molar-refractivity contribution >= 4 is 31.9 Å². The number of hydrogen-bond donors (Lipinski definition) is 1. The molecule has 1 N–H and O–H groups in total. The van der Waals surface area contributed by atoms with E-state index in [1.54, 1.807) is 12.1 Å². The zero-order valence-corrected chi connectivity index (χ0v) is 19.1. The van der Waals surface area contributed by atoms with Gasteiger partial charge in [-0.25, -0.2) is 8.42 Å². The van der Waals surface area contributed by atoms with E-state index in [-0.39, 0.29) is 16.8 Å². The molecule has 2 heterocycles. The zero-order valence-electron chi connectivity index (χ0n) is 16.7. The Morgan fingerprint density at radius 1 is 1.21 bits per heavy atom. The summed E-state index contributed by atoms with van der Waals surface area (Å²) in [4.78, 5) is 15.3. The number of nitrogens with zero attached hydrogens (tertiary/aromatic N) is 2. The minimum atomic E-state index is -3.54. The maximum Gasteiger partial charge on any atom is 0.252 e. The molecule has 2 aliphatic rings. The van der Waals surface area contributed by atoms with Crippen molar-refractivity contribution in [2.75, 3.05) is 32.7 Å². The van der Waals surface area contributed by atoms with Crippen molar-refractivity contribution in [2.24, 2.45) is 5.92 Å². The van der Waals surface area contributed by atoms with Crippen molar-refractivity contribution in [1.82, 2.24) is 14.5 Å². The van der Waals surface area contributed by atoms with Crippen molar-refractivity contribution in [2.45, 2.75) is 50.5 Å². The van der Waals surface area contributed by atoms with Gasteiger partial charge in [-0.1, -0.05) is 6.92 Å². The Balaban J connectivity index is 1.66. The molecule has 1 atom stereocenters. The van der Waals surface area contributed by atoms with Crippen LogP contribution in [0.3, 0.4) is 0 Å². The summed E-state index contributed by atoms with van der Waals surface area (Å²) in [6.45, 7) is 8.17. The Labute approximate surface area is 176 Å². The van der Waals surface area contributed by atoms with Gasteiger partial charge in [0.2, 0.25) is 10.0 Å². The molecular formula is C20H30BrN3O3S. The molecular weight excluding hydrogens is 442 g/mol. The molecule has 2 saturated heterocycles. The number of piperidine rings is 1. The van der Waals surface area contributed by atoms with E-state index in [1.807, 2.05) is 0 Å². The van der Waals surface area contributed by atoms with Gasteiger partial charge in [-0.2, -0.15) is 4.31 Å². The van der Waals surface area contributed by atoms with Crippen LogP contribution in [0.4, 0.5) is 0 Å². The Morgan fingerprint density at radius 3 is 2.50 bits per heavy atom. The second kappa shape index (κ2) is 9.24. The highest BCUT2D eigenvalue weighted by atomic mass is 79.9. The van der Waals surface area contributed by atoms with Gasteiger partial charge in [0.05, 0.1) is 10.5 Å². The average Bonchev–Trinajstić information content (AvgIpc) is 3.22. The summed E-state index contributed by atoms with van der Waals surface area (Å²) in [5.74, 6) is 0.525. The van der Waals surface area contributed by atoms with Gasteiger partial charge in [-0.3, -0.25) is 9.69 Å². The maximum absolute atomic E-state index is 12.8. The lowest BCUT2D eigenvalue weighted by molar-refractivity contribution is 0.0920. The summed E-state index contributed by atoms with van der Waals surface area (Å²) in [5.41, 5.74) is 0.361. The Morgan fingerprint density at radius 2 is 1.86 bits per heavy atom. The fraction of sp³-hybridized carbons (Fsp3) is 0.650. The lowest BCUT2D eigenvalue weighted by Crippen LogP contribution is -2.45. The van der Waals surface area contributed by atoms with E-state index in [9.17, 15) is 13.2 Å². The quantitative estimate of drug-likeness (QED) is 0.691. The van der Waals surface area contributed by atoms with Gasteiger partial charge in [0.1, 0.15) is 0 Å². The Bertz CT molecular complexity index is 801. The standard InChI is InChI=1S/C20H30BrN3O3S/c1-15-7-11-23(12-8-15)16(2)14-22-20(25)18-13-17(5-6-19(18)21)28(26,27)24-9-3-4-10-24/h5-6,13,15-16H,3-4,7-12,14H2,1-2H3,(H,22,25). The van der Waals surface area contributed by atoms with Gasteiger partial charge >= 0.3 is 0 Å². The van der Waals surface area contributed by atoms with Gasteiger partial charge in [0.25, 0.3) is 5.91 Å². The number of amides is 1. The van der Waals surface area contributed by atoms with E-state index >= 15 is 0 Å². The van der Waals surface area contributed by atoms with Crippen LogP contribution in [0.1, 0.15) is 49.9 Å². The Hall–Kier alpha value is -0.960. The van der Waals surface area contributed by atoms with Gasteiger partial charge in [-0.15, -0.1) is 0 Å². The van der Waals surface area contributed by atoms with Gasteiger partial charge in [0, 0.05) is 30.1 Å². The number of nitrogens with one attached hydrogen (secondary N) is 1. The second-order valence-electron chi connectivity index (χ2n) is 8.03. The highest BCUT2D eigenvalue weighted by Crippen LogP contribution is 2.25. The number of rotatable bonds is 6. The van der Waals surface area contributed by atoms with Crippen LogP contribution in [0, 0.1) is 5.92 Å². The number of halogens is 1. The fourth-order valence-corrected chi connectivity index (χ4v) is 5.82. The van der Waals surface area contributed by atoms with Crippen LogP contribution in [0.15, 0.2) is 27.6 Å². The van der Waals surface area contributed by atoms with Crippen LogP contribution >= 0.6 is 15.9 Å². The molecule has 8 heteroatoms. The summed E-state index contributed by atoms with van der Waals surface area (Å²) in [6.07, 6.45) is 4.16. The minimum absolute atomic E-state index is 0.181. The number of benzene rings is 1. The van der Waals surface area contributed by atoms with E-state index in [2.05, 4.69) is 40.0 Å². The number of hydrogen-bond acceptors (Lipinski definition) is 4. The Kier molecular flexibility index (Phi) is 7.17. The van der Waals surface area contributed by atoms with Crippen molar-refractivity contribution in [1.29, 1.82) is 0 Å². The van der Waals surface area contributed by atoms with Crippen molar-refractivity contribution in [3.8, 4) is 0 Å². The van der Waals surface area contributed by atoms with Crippen molar-refractivity contribution < 1.29 is 13.2 Å². The minimum Gasteiger partial charge on any atom is -0.350 e. The van der Waals surface area contributed by atoms with Crippen molar-refractivity contribution in [3.05, 3.63) is 28.2 Å². The fourth-order valence-electron chi connectivity index (χ4n) is 3.85. The molecule has 156 valence electrons. The largest absolute Gasteiger partial charge is 0.350 e. The molecule has 28 heavy (non-hydrogen) atoms. The molecule has 0 aromatic heterocycles. The maximum atomic E-state index is 12.8. The molecule has 0 aliphatic carbocycles. The molecule has 0 spiro atoms. The van der Waals surface area contributed by atoms with E-state index in [1.165, 1.54) is 23.2 Å². The number of likely N-dealkylation sites (tertiary alicyclic amines) is 1. The van der Waals surface area contributed by atoms with Gasteiger partial charge in [-0.05, 0) is 85.7 Å². The zero-order chi connectivity index (χ0) is 20.3. The summed E-state index contributed by atoms with van der Waals surface area (Å²) in [7, 11) is -3.54. The van der Waals surface area contributed by atoms with Gasteiger partial charge < -0.3 is 5.32 Å². The summed E-state index contributed by atoms with van der Waals surface area (Å²) >= 11 is 3.39. The molecule has 1 unspecified atom stereocenters. The molecule has 6 nitrogen and oxygen atoms in total. The summed E-state index contributed by atoms with van der Waals surface area (Å²) < 4.78 is 27.7. The SMILES string of the molecule is CC1CCN(C(C)CNC(=O)c2cc(S(=O)(=O)N3CCCC3)ccc2Br)CC1. The van der Waals surface area contributed by atoms with E-state index in [0.717, 1.165) is 31.8 Å². The monoisotopic (exact) mass is 471 g/mol. The predicted molar refractivity (Wildman–Crippen MR) is 114 cm³/mol. The molecule has 2 aliphatic heterocycles. The lowest BCUT2D eigenvalue weighted by Gasteiger charge is -2.35. The van der Waals surface area contributed by atoms with E-state index in [4.69, 9.17) is 0 Å². The van der Waals surface area contributed by atoms with Crippen LogP contribution in [-0.2, 0) is 10.0 Å². The topological polar surface area (TPSA) is 69.7 Å². The number of carbonyl (C=O) groups excluding carboxylic acids is 1. The highest BCUT2D eigenvalue weighted by Gasteiger charge is 2.28. The first-order valence-electron chi connectivity index (χ1n) is 10.1. The average molecular weight is 472 g/mol. The first-order chi connectivity index (χ1) is 13.3. The molecule has 3 rings (SSSR count). The van der Waals surface area contributed by atoms with Crippen LogP contribution in [-0.4, -0.2) is 62.3 Å². The van der Waals surface area contributed by atoms with Crippen molar-refractivity contribution in [3.63, 3.8) is 0 Å². The first kappa shape index (κ1) is 21.7. The van der Waals surface area contributed by atoms with Crippen LogP contribution < -0.4 is 5.32 Å². The molecule has 0 bridgehead atoms. The second-order valence-corrected chi connectivity index (χ2v) is 10.8. The number of sulfonamides is 1. The molecule has 0 radical (unpaired) electrons. The third-order valence-corrected chi connectivity index (χ3v) is 8.47. The van der Waals surface area contributed by atoms with Gasteiger partial charge in [0.15, 0.2) is 0 Å². The summed E-state index contributed by atoms with van der Waals surface area (Å²) in [6, 6.07) is 4.95. The number of carbonyl (C=O) groups is 1. The molecule has 1 aromatic carbocycles. The lowest BCUT2D eigenvalue weighted by atomic mass is 9.98. The van der Waals surface area contributed by atoms with E-state index in [0.29, 0.717) is 29.7 Å². The first-order valence-corrected chi connectivity index (χ1v) is 12.3. The predicted octanol–water partition coefficient (Wildman–Crippen LogP) is 3.08. The van der Waals surface area contributed by atoms with Crippen LogP contribution in [0.5, 0.6) is 0 Å². The van der Waals surface area contributed by atoms with Crippen LogP contribution in [0.2, 0.25) is 0 Å². The third-order valence-electron chi connectivity index (χ3n) is 5.88. The molecule has 0 saturated carbocycles. The molecule has 1 aromatic rings. The molecule has 2 fully saturated rings. The van der Waals surface area contributed by atoms with Crippen LogP contribution in [0.25, 0.3) is 0 Å². The van der Waals surface area contributed by atoms with E-state index < -0.39 is 10.0 Å². The third kappa shape index (κ3) is 4.96. The molecule has 1 amide bonds.